The molecule has 62 valence electrons. The van der Waals surface area contributed by atoms with E-state index in [1.165, 1.54) is 0 Å². The Morgan fingerprint density at radius 2 is 2.33 bits per heavy atom. The van der Waals surface area contributed by atoms with Gasteiger partial charge in [-0.2, -0.15) is 0 Å². The molecule has 0 fully saturated rings. The molecule has 12 heavy (non-hydrogen) atoms. The van der Waals surface area contributed by atoms with Crippen LogP contribution < -0.4 is 4.74 Å². The van der Waals surface area contributed by atoms with Gasteiger partial charge in [-0.15, -0.1) is 10.2 Å². The van der Waals surface area contributed by atoms with Crippen molar-refractivity contribution in [2.45, 2.75) is 0 Å². The molecule has 2 aromatic heterocycles. The summed E-state index contributed by atoms with van der Waals surface area (Å²) in [6.07, 6.45) is 3.30. The summed E-state index contributed by atoms with van der Waals surface area (Å²) in [5.41, 5.74) is 0.683. The molecular weight excluding hydrogens is 224 g/mol. The van der Waals surface area contributed by atoms with Crippen molar-refractivity contribution >= 4 is 21.6 Å². The zero-order valence-corrected chi connectivity index (χ0v) is 7.82. The van der Waals surface area contributed by atoms with Crippen LogP contribution in [-0.4, -0.2) is 26.7 Å². The number of hydrogen-bond donors (Lipinski definition) is 0. The molecule has 0 unspecified atom stereocenters. The number of methoxy groups -OCH3 is 1. The number of fused-ring (bicyclic) bond motifs is 1. The van der Waals surface area contributed by atoms with E-state index >= 15 is 0 Å². The first kappa shape index (κ1) is 7.48. The predicted molar refractivity (Wildman–Crippen MR) is 45.0 cm³/mol. The van der Waals surface area contributed by atoms with Crippen LogP contribution in [-0.2, 0) is 0 Å². The summed E-state index contributed by atoms with van der Waals surface area (Å²) in [6.45, 7) is 0. The number of ether oxygens (including phenoxy) is 1. The highest BCUT2D eigenvalue weighted by Crippen LogP contribution is 2.12. The molecule has 0 N–H and O–H groups in total. The maximum atomic E-state index is 4.94. The molecule has 5 nitrogen and oxygen atoms in total. The number of hydrogen-bond acceptors (Lipinski definition) is 4. The van der Waals surface area contributed by atoms with Gasteiger partial charge in [-0.1, -0.05) is 0 Å². The van der Waals surface area contributed by atoms with Gasteiger partial charge >= 0.3 is 0 Å². The van der Waals surface area contributed by atoms with Crippen LogP contribution in [0.25, 0.3) is 5.65 Å². The third kappa shape index (κ3) is 1.04. The normalized spacial score (nSPS) is 10.5. The summed E-state index contributed by atoms with van der Waals surface area (Å²) in [5.74, 6) is 0.531. The van der Waals surface area contributed by atoms with Crippen LogP contribution in [0.2, 0.25) is 0 Å². The number of nitrogens with zero attached hydrogens (tertiary/aromatic N) is 4. The molecule has 0 spiro atoms. The second-order valence-corrected chi connectivity index (χ2v) is 2.84. The van der Waals surface area contributed by atoms with Gasteiger partial charge in [0.25, 0.3) is 0 Å². The maximum absolute atomic E-state index is 4.94. The van der Waals surface area contributed by atoms with Gasteiger partial charge in [-0.3, -0.25) is 4.40 Å². The Balaban J connectivity index is 2.71. The minimum Gasteiger partial charge on any atom is -0.480 e. The Labute approximate surface area is 76.5 Å². The van der Waals surface area contributed by atoms with Crippen LogP contribution in [0.15, 0.2) is 17.1 Å². The fourth-order valence-electron chi connectivity index (χ4n) is 0.861. The van der Waals surface area contributed by atoms with Crippen LogP contribution in [0.1, 0.15) is 0 Å². The zero-order valence-electron chi connectivity index (χ0n) is 6.23. The Morgan fingerprint density at radius 1 is 1.50 bits per heavy atom. The molecule has 2 rings (SSSR count). The van der Waals surface area contributed by atoms with Crippen molar-refractivity contribution in [3.63, 3.8) is 0 Å². The molecule has 0 aliphatic heterocycles. The molecule has 0 aliphatic rings. The van der Waals surface area contributed by atoms with Crippen molar-refractivity contribution in [2.24, 2.45) is 0 Å². The molecule has 0 aromatic carbocycles. The van der Waals surface area contributed by atoms with Crippen molar-refractivity contribution in [3.8, 4) is 5.88 Å². The highest BCUT2D eigenvalue weighted by atomic mass is 79.9. The monoisotopic (exact) mass is 228 g/mol. The van der Waals surface area contributed by atoms with Gasteiger partial charge in [0.05, 0.1) is 19.5 Å². The van der Waals surface area contributed by atoms with Crippen molar-refractivity contribution < 1.29 is 4.74 Å². The molecular formula is C6H5BrN4O. The van der Waals surface area contributed by atoms with Gasteiger partial charge in [-0.05, 0) is 15.9 Å². The maximum Gasteiger partial charge on any atom is 0.230 e. The minimum atomic E-state index is 0.531. The lowest BCUT2D eigenvalue weighted by molar-refractivity contribution is 0.395. The first-order chi connectivity index (χ1) is 5.81. The van der Waals surface area contributed by atoms with E-state index in [4.69, 9.17) is 4.74 Å². The fourth-order valence-corrected chi connectivity index (χ4v) is 1.22. The summed E-state index contributed by atoms with van der Waals surface area (Å²) in [6, 6.07) is 0. The lowest BCUT2D eigenvalue weighted by Crippen LogP contribution is -1.92. The fraction of sp³-hybridized carbons (Fsp3) is 0.167. The van der Waals surface area contributed by atoms with Gasteiger partial charge in [0.15, 0.2) is 5.65 Å². The van der Waals surface area contributed by atoms with E-state index in [0.29, 0.717) is 16.3 Å². The number of aromatic nitrogens is 4. The van der Waals surface area contributed by atoms with Crippen LogP contribution in [0.5, 0.6) is 5.88 Å². The Hall–Kier alpha value is -1.17. The van der Waals surface area contributed by atoms with E-state index in [0.717, 1.165) is 0 Å². The van der Waals surface area contributed by atoms with Crippen LogP contribution in [0, 0.1) is 0 Å². The second kappa shape index (κ2) is 2.71. The summed E-state index contributed by atoms with van der Waals surface area (Å²) in [5, 5.41) is 7.65. The van der Waals surface area contributed by atoms with Crippen LogP contribution >= 0.6 is 15.9 Å². The molecule has 0 bridgehead atoms. The molecule has 0 atom stereocenters. The van der Waals surface area contributed by atoms with E-state index in [1.807, 2.05) is 0 Å². The molecule has 0 saturated carbocycles. The summed E-state index contributed by atoms with van der Waals surface area (Å²) in [7, 11) is 1.56. The van der Waals surface area contributed by atoms with Crippen molar-refractivity contribution in [2.75, 3.05) is 7.11 Å². The SMILES string of the molecule is COc1cn2c(Br)nnc2cn1. The lowest BCUT2D eigenvalue weighted by Gasteiger charge is -1.97. The van der Waals surface area contributed by atoms with Gasteiger partial charge in [0.2, 0.25) is 10.6 Å². The molecule has 6 heteroatoms. The smallest absolute Gasteiger partial charge is 0.230 e. The molecule has 2 heterocycles. The Kier molecular flexibility index (Phi) is 1.69. The van der Waals surface area contributed by atoms with E-state index in [-0.39, 0.29) is 0 Å². The molecule has 0 saturated heterocycles. The van der Waals surface area contributed by atoms with E-state index in [1.54, 1.807) is 23.9 Å². The number of halogens is 1. The van der Waals surface area contributed by atoms with Gasteiger partial charge < -0.3 is 4.74 Å². The molecule has 0 radical (unpaired) electrons. The van der Waals surface area contributed by atoms with E-state index in [2.05, 4.69) is 31.1 Å². The average molecular weight is 229 g/mol. The third-order valence-corrected chi connectivity index (χ3v) is 1.98. The topological polar surface area (TPSA) is 52.3 Å². The second-order valence-electron chi connectivity index (χ2n) is 2.13. The summed E-state index contributed by atoms with van der Waals surface area (Å²) in [4.78, 5) is 3.97. The van der Waals surface area contributed by atoms with E-state index < -0.39 is 0 Å². The highest BCUT2D eigenvalue weighted by Gasteiger charge is 2.02. The van der Waals surface area contributed by atoms with E-state index in [9.17, 15) is 0 Å². The van der Waals surface area contributed by atoms with Gasteiger partial charge in [0.1, 0.15) is 0 Å². The molecule has 0 amide bonds. The third-order valence-electron chi connectivity index (χ3n) is 1.44. The molecule has 0 aliphatic carbocycles. The minimum absolute atomic E-state index is 0.531. The summed E-state index contributed by atoms with van der Waals surface area (Å²) >= 11 is 3.24. The largest absolute Gasteiger partial charge is 0.480 e. The van der Waals surface area contributed by atoms with Gasteiger partial charge in [-0.25, -0.2) is 4.98 Å². The summed E-state index contributed by atoms with van der Waals surface area (Å²) < 4.78 is 7.32. The first-order valence-electron chi connectivity index (χ1n) is 3.21. The highest BCUT2D eigenvalue weighted by molar-refractivity contribution is 9.10. The Morgan fingerprint density at radius 3 is 3.08 bits per heavy atom. The van der Waals surface area contributed by atoms with Crippen LogP contribution in [0.3, 0.4) is 0 Å². The number of rotatable bonds is 1. The van der Waals surface area contributed by atoms with Crippen molar-refractivity contribution in [1.29, 1.82) is 0 Å². The lowest BCUT2D eigenvalue weighted by atomic mass is 10.7. The zero-order chi connectivity index (χ0) is 8.55. The van der Waals surface area contributed by atoms with Crippen molar-refractivity contribution in [3.05, 3.63) is 17.1 Å². The first-order valence-corrected chi connectivity index (χ1v) is 4.01. The molecule has 2 aromatic rings. The van der Waals surface area contributed by atoms with Crippen LogP contribution in [0.4, 0.5) is 0 Å². The van der Waals surface area contributed by atoms with Gasteiger partial charge in [0, 0.05) is 0 Å². The standard InChI is InChI=1S/C6H5BrN4O/c1-12-5-3-11-4(2-8-5)9-10-6(11)7/h2-3H,1H3. The van der Waals surface area contributed by atoms with Crippen molar-refractivity contribution in [1.82, 2.24) is 19.6 Å². The average Bonchev–Trinajstić information content (AvgIpc) is 2.47. The predicted octanol–water partition coefficient (Wildman–Crippen LogP) is 0.895. The Bertz CT molecular complexity index is 413. The quantitative estimate of drug-likeness (QED) is 0.728.